The predicted octanol–water partition coefficient (Wildman–Crippen LogP) is 13.7. The highest BCUT2D eigenvalue weighted by atomic mass is 16.3. The van der Waals surface area contributed by atoms with Crippen molar-refractivity contribution < 1.29 is 4.42 Å². The Morgan fingerprint density at radius 2 is 1.07 bits per heavy atom. The molecule has 0 amide bonds. The van der Waals surface area contributed by atoms with Crippen LogP contribution in [0, 0.1) is 12.1 Å². The van der Waals surface area contributed by atoms with Gasteiger partial charge in [0.05, 0.1) is 28.0 Å². The van der Waals surface area contributed by atoms with Crippen LogP contribution in [0.5, 0.6) is 0 Å². The van der Waals surface area contributed by atoms with E-state index >= 15 is 0 Å². The average molecular weight is 726 g/mol. The molecule has 11 rings (SSSR count). The quantitative estimate of drug-likeness (QED) is 0.171. The van der Waals surface area contributed by atoms with E-state index in [1.165, 1.54) is 10.9 Å². The van der Waals surface area contributed by atoms with Crippen molar-refractivity contribution >= 4 is 43.6 Å². The van der Waals surface area contributed by atoms with E-state index in [4.69, 9.17) is 19.4 Å². The molecule has 0 bridgehead atoms. The van der Waals surface area contributed by atoms with Gasteiger partial charge < -0.3 is 4.42 Å². The van der Waals surface area contributed by atoms with E-state index in [1.807, 2.05) is 36.4 Å². The molecule has 0 unspecified atom stereocenters. The van der Waals surface area contributed by atoms with Crippen molar-refractivity contribution in [1.82, 2.24) is 15.0 Å². The molecule has 3 aromatic heterocycles. The SMILES string of the molecule is c1ccc(-c2ccc(-c3nc(-c4ccc(-c5ccccc5)cc4)cc(-c4ccc5nc(-c6cccc7ccccc67)c6c7ccccc7oc6c5c4)n3)cc2)cc#1. The maximum absolute atomic E-state index is 6.74. The molecule has 8 aromatic carbocycles. The van der Waals surface area contributed by atoms with Crippen molar-refractivity contribution in [2.24, 2.45) is 0 Å². The molecule has 0 aliphatic carbocycles. The van der Waals surface area contributed by atoms with Crippen LogP contribution in [-0.4, -0.2) is 15.0 Å². The fourth-order valence-electron chi connectivity index (χ4n) is 7.92. The molecule has 0 aliphatic heterocycles. The highest BCUT2D eigenvalue weighted by Gasteiger charge is 2.20. The molecule has 11 aromatic rings. The predicted molar refractivity (Wildman–Crippen MR) is 232 cm³/mol. The Balaban J connectivity index is 1.09. The number of benzene rings is 7. The van der Waals surface area contributed by atoms with Crippen LogP contribution < -0.4 is 0 Å². The number of furan rings is 1. The van der Waals surface area contributed by atoms with Gasteiger partial charge in [-0.25, -0.2) is 15.0 Å². The molecule has 4 heteroatoms. The Morgan fingerprint density at radius 3 is 1.88 bits per heavy atom. The molecule has 0 fully saturated rings. The first-order valence-electron chi connectivity index (χ1n) is 19.0. The molecule has 4 nitrogen and oxygen atoms in total. The van der Waals surface area contributed by atoms with E-state index in [9.17, 15) is 0 Å². The Bertz CT molecular complexity index is 3160. The van der Waals surface area contributed by atoms with Crippen molar-refractivity contribution in [3.05, 3.63) is 200 Å². The minimum atomic E-state index is 0.646. The van der Waals surface area contributed by atoms with Gasteiger partial charge in [-0.15, -0.1) is 0 Å². The molecule has 0 N–H and O–H groups in total. The number of aromatic nitrogens is 3. The summed E-state index contributed by atoms with van der Waals surface area (Å²) < 4.78 is 6.74. The Kier molecular flexibility index (Phi) is 7.69. The summed E-state index contributed by atoms with van der Waals surface area (Å²) in [6, 6.07) is 70.9. The van der Waals surface area contributed by atoms with Gasteiger partial charge in [0.1, 0.15) is 11.2 Å². The van der Waals surface area contributed by atoms with Gasteiger partial charge in [0.2, 0.25) is 0 Å². The monoisotopic (exact) mass is 725 g/mol. The second kappa shape index (κ2) is 13.5. The lowest BCUT2D eigenvalue weighted by Gasteiger charge is -2.12. The van der Waals surface area contributed by atoms with Gasteiger partial charge in [0.15, 0.2) is 5.82 Å². The second-order valence-corrected chi connectivity index (χ2v) is 14.2. The third kappa shape index (κ3) is 5.78. The molecule has 0 radical (unpaired) electrons. The van der Waals surface area contributed by atoms with Crippen LogP contribution >= 0.6 is 0 Å². The number of hydrogen-bond donors (Lipinski definition) is 0. The van der Waals surface area contributed by atoms with E-state index < -0.39 is 0 Å². The maximum Gasteiger partial charge on any atom is 0.160 e. The first-order valence-corrected chi connectivity index (χ1v) is 19.0. The minimum absolute atomic E-state index is 0.646. The molecule has 0 saturated carbocycles. The Hall–Kier alpha value is -7.87. The second-order valence-electron chi connectivity index (χ2n) is 14.2. The van der Waals surface area contributed by atoms with Crippen LogP contribution in [0.15, 0.2) is 192 Å². The van der Waals surface area contributed by atoms with Crippen molar-refractivity contribution in [3.63, 3.8) is 0 Å². The van der Waals surface area contributed by atoms with Crippen LogP contribution in [0.4, 0.5) is 0 Å². The normalized spacial score (nSPS) is 11.4. The molecule has 0 saturated heterocycles. The third-order valence-corrected chi connectivity index (χ3v) is 10.8. The maximum atomic E-state index is 6.74. The Labute approximate surface area is 329 Å². The van der Waals surface area contributed by atoms with Crippen molar-refractivity contribution in [2.45, 2.75) is 0 Å². The number of nitrogens with zero attached hydrogens (tertiary/aromatic N) is 3. The molecular formula is C53H31N3O. The first-order chi connectivity index (χ1) is 28.2. The molecular weight excluding hydrogens is 695 g/mol. The summed E-state index contributed by atoms with van der Waals surface area (Å²) in [5.74, 6) is 0.646. The van der Waals surface area contributed by atoms with Gasteiger partial charge in [-0.05, 0) is 75.5 Å². The third-order valence-electron chi connectivity index (χ3n) is 10.8. The highest BCUT2D eigenvalue weighted by molar-refractivity contribution is 6.21. The summed E-state index contributed by atoms with van der Waals surface area (Å²) in [5, 5.41) is 5.29. The minimum Gasteiger partial charge on any atom is -0.455 e. The fourth-order valence-corrected chi connectivity index (χ4v) is 7.92. The van der Waals surface area contributed by atoms with Gasteiger partial charge in [0.25, 0.3) is 0 Å². The molecule has 0 spiro atoms. The van der Waals surface area contributed by atoms with Crippen LogP contribution in [0.1, 0.15) is 0 Å². The molecule has 0 aliphatic rings. The topological polar surface area (TPSA) is 51.8 Å². The van der Waals surface area contributed by atoms with Gasteiger partial charge >= 0.3 is 0 Å². The zero-order valence-corrected chi connectivity index (χ0v) is 30.6. The summed E-state index contributed by atoms with van der Waals surface area (Å²) >= 11 is 0. The smallest absolute Gasteiger partial charge is 0.160 e. The lowest BCUT2D eigenvalue weighted by Crippen LogP contribution is -1.96. The first kappa shape index (κ1) is 32.6. The number of fused-ring (bicyclic) bond motifs is 6. The summed E-state index contributed by atoms with van der Waals surface area (Å²) in [7, 11) is 0. The lowest BCUT2D eigenvalue weighted by atomic mass is 9.97. The summed E-state index contributed by atoms with van der Waals surface area (Å²) in [6.07, 6.45) is 0. The van der Waals surface area contributed by atoms with E-state index in [-0.39, 0.29) is 0 Å². The van der Waals surface area contributed by atoms with Crippen LogP contribution in [0.3, 0.4) is 0 Å². The number of para-hydroxylation sites is 1. The van der Waals surface area contributed by atoms with Gasteiger partial charge in [0, 0.05) is 33.0 Å². The molecule has 57 heavy (non-hydrogen) atoms. The van der Waals surface area contributed by atoms with E-state index in [0.29, 0.717) is 5.82 Å². The van der Waals surface area contributed by atoms with Gasteiger partial charge in [-0.1, -0.05) is 158 Å². The van der Waals surface area contributed by atoms with E-state index in [0.717, 1.165) is 94.3 Å². The van der Waals surface area contributed by atoms with Gasteiger partial charge in [-0.3, -0.25) is 0 Å². The van der Waals surface area contributed by atoms with Crippen LogP contribution in [0.2, 0.25) is 0 Å². The molecule has 0 atom stereocenters. The standard InChI is InChI=1S/C53H31N3O/c1-3-12-34(13-4-1)36-22-26-39(27-23-36)47-33-48(56-53(55-47)40-28-24-37(25-29-40)35-14-5-2-6-15-35)41-30-31-46-45(32-41)52-50(44-19-9-10-21-49(44)57-52)51(54-46)43-20-11-17-38-16-7-8-18-42(38)43/h1,3-5,7-33H. The summed E-state index contributed by atoms with van der Waals surface area (Å²) in [5.41, 5.74) is 13.5. The lowest BCUT2D eigenvalue weighted by molar-refractivity contribution is 0.672. The average Bonchev–Trinajstić information content (AvgIpc) is 3.69. The largest absolute Gasteiger partial charge is 0.455 e. The highest BCUT2D eigenvalue weighted by Crippen LogP contribution is 2.42. The fraction of sp³-hybridized carbons (Fsp3) is 0. The number of rotatable bonds is 6. The van der Waals surface area contributed by atoms with Crippen molar-refractivity contribution in [3.8, 4) is 67.4 Å². The van der Waals surface area contributed by atoms with Crippen molar-refractivity contribution in [1.29, 1.82) is 0 Å². The van der Waals surface area contributed by atoms with Gasteiger partial charge in [-0.2, -0.15) is 0 Å². The molecule has 264 valence electrons. The van der Waals surface area contributed by atoms with E-state index in [1.54, 1.807) is 0 Å². The number of hydrogen-bond acceptors (Lipinski definition) is 4. The summed E-state index contributed by atoms with van der Waals surface area (Å²) in [4.78, 5) is 15.8. The molecule has 3 heterocycles. The van der Waals surface area contributed by atoms with Crippen LogP contribution in [-0.2, 0) is 0 Å². The Morgan fingerprint density at radius 1 is 0.421 bits per heavy atom. The van der Waals surface area contributed by atoms with Crippen LogP contribution in [0.25, 0.3) is 111 Å². The zero-order chi connectivity index (χ0) is 37.7. The van der Waals surface area contributed by atoms with Crippen molar-refractivity contribution in [2.75, 3.05) is 0 Å². The van der Waals surface area contributed by atoms with E-state index in [2.05, 4.69) is 164 Å². The number of pyridine rings is 1. The zero-order valence-electron chi connectivity index (χ0n) is 30.6. The summed E-state index contributed by atoms with van der Waals surface area (Å²) in [6.45, 7) is 0.